The standard InChI is InChI=1S/C13H20N2S/c1-16-9-7-12(14)10-15-8-6-11-4-2-3-5-13(11)15/h2-5,12H,6-10,14H2,1H3/t12-/m0/s1. The predicted molar refractivity (Wildman–Crippen MR) is 73.3 cm³/mol. The van der Waals surface area contributed by atoms with Gasteiger partial charge in [-0.25, -0.2) is 0 Å². The summed E-state index contributed by atoms with van der Waals surface area (Å²) in [4.78, 5) is 2.43. The monoisotopic (exact) mass is 236 g/mol. The van der Waals surface area contributed by atoms with Gasteiger partial charge in [0.1, 0.15) is 0 Å². The molecular weight excluding hydrogens is 216 g/mol. The molecule has 0 aliphatic carbocycles. The van der Waals surface area contributed by atoms with Gasteiger partial charge in [0, 0.05) is 24.8 Å². The van der Waals surface area contributed by atoms with E-state index in [1.54, 1.807) is 0 Å². The second-order valence-electron chi connectivity index (χ2n) is 4.37. The second kappa shape index (κ2) is 5.60. The van der Waals surface area contributed by atoms with Crippen LogP contribution in [0.4, 0.5) is 5.69 Å². The van der Waals surface area contributed by atoms with Gasteiger partial charge in [0.15, 0.2) is 0 Å². The Hall–Kier alpha value is -0.670. The lowest BCUT2D eigenvalue weighted by Crippen LogP contribution is -2.37. The number of nitrogens with two attached hydrogens (primary N) is 1. The molecule has 1 aromatic rings. The summed E-state index contributed by atoms with van der Waals surface area (Å²) < 4.78 is 0. The van der Waals surface area contributed by atoms with E-state index in [0.29, 0.717) is 6.04 Å². The third-order valence-electron chi connectivity index (χ3n) is 3.13. The lowest BCUT2D eigenvalue weighted by atomic mass is 10.2. The SMILES string of the molecule is CSCC[C@H](N)CN1CCc2ccccc21. The minimum absolute atomic E-state index is 0.304. The Balaban J connectivity index is 1.92. The van der Waals surface area contributed by atoms with Crippen LogP contribution in [0.1, 0.15) is 12.0 Å². The first-order valence-corrected chi connectivity index (χ1v) is 7.28. The second-order valence-corrected chi connectivity index (χ2v) is 5.35. The van der Waals surface area contributed by atoms with Gasteiger partial charge in [0.05, 0.1) is 0 Å². The number of para-hydroxylation sites is 1. The molecule has 3 heteroatoms. The maximum absolute atomic E-state index is 6.14. The molecule has 0 amide bonds. The Labute approximate surface area is 102 Å². The van der Waals surface area contributed by atoms with Gasteiger partial charge in [-0.05, 0) is 36.5 Å². The Morgan fingerprint density at radius 2 is 2.25 bits per heavy atom. The van der Waals surface area contributed by atoms with Crippen LogP contribution >= 0.6 is 11.8 Å². The Kier molecular flexibility index (Phi) is 4.13. The number of fused-ring (bicyclic) bond motifs is 1. The maximum atomic E-state index is 6.14. The van der Waals surface area contributed by atoms with Gasteiger partial charge in [-0.15, -0.1) is 0 Å². The quantitative estimate of drug-likeness (QED) is 0.849. The molecule has 16 heavy (non-hydrogen) atoms. The van der Waals surface area contributed by atoms with Gasteiger partial charge in [-0.2, -0.15) is 11.8 Å². The van der Waals surface area contributed by atoms with Crippen LogP contribution in [-0.4, -0.2) is 31.1 Å². The summed E-state index contributed by atoms with van der Waals surface area (Å²) in [6.07, 6.45) is 4.42. The molecule has 0 fully saturated rings. The van der Waals surface area contributed by atoms with Gasteiger partial charge in [-0.1, -0.05) is 18.2 Å². The summed E-state index contributed by atoms with van der Waals surface area (Å²) in [7, 11) is 0. The number of hydrogen-bond donors (Lipinski definition) is 1. The minimum atomic E-state index is 0.304. The molecular formula is C13H20N2S. The molecule has 1 aliphatic rings. The fourth-order valence-electron chi connectivity index (χ4n) is 2.24. The predicted octanol–water partition coefficient (Wildman–Crippen LogP) is 2.13. The van der Waals surface area contributed by atoms with Gasteiger partial charge >= 0.3 is 0 Å². The first-order chi connectivity index (χ1) is 7.81. The Morgan fingerprint density at radius 1 is 1.44 bits per heavy atom. The van der Waals surface area contributed by atoms with E-state index in [1.165, 1.54) is 17.7 Å². The fourth-order valence-corrected chi connectivity index (χ4v) is 2.78. The van der Waals surface area contributed by atoms with Gasteiger partial charge in [-0.3, -0.25) is 0 Å². The maximum Gasteiger partial charge on any atom is 0.0400 e. The fraction of sp³-hybridized carbons (Fsp3) is 0.538. The van der Waals surface area contributed by atoms with Crippen molar-refractivity contribution in [2.75, 3.05) is 30.0 Å². The molecule has 2 nitrogen and oxygen atoms in total. The average molecular weight is 236 g/mol. The molecule has 2 rings (SSSR count). The van der Waals surface area contributed by atoms with Crippen molar-refractivity contribution in [2.45, 2.75) is 18.9 Å². The summed E-state index contributed by atoms with van der Waals surface area (Å²) in [5.74, 6) is 1.16. The van der Waals surface area contributed by atoms with Crippen LogP contribution in [0.2, 0.25) is 0 Å². The highest BCUT2D eigenvalue weighted by Crippen LogP contribution is 2.27. The number of anilines is 1. The van der Waals surface area contributed by atoms with Crippen molar-refractivity contribution < 1.29 is 0 Å². The molecule has 0 radical (unpaired) electrons. The van der Waals surface area contributed by atoms with Crippen LogP contribution in [0.15, 0.2) is 24.3 Å². The number of nitrogens with zero attached hydrogens (tertiary/aromatic N) is 1. The molecule has 0 aromatic heterocycles. The van der Waals surface area contributed by atoms with E-state index in [4.69, 9.17) is 5.73 Å². The summed E-state index contributed by atoms with van der Waals surface area (Å²) in [6.45, 7) is 2.13. The van der Waals surface area contributed by atoms with Gasteiger partial charge in [0.2, 0.25) is 0 Å². The highest BCUT2D eigenvalue weighted by Gasteiger charge is 2.19. The van der Waals surface area contributed by atoms with Crippen molar-refractivity contribution in [3.8, 4) is 0 Å². The number of thioether (sulfide) groups is 1. The van der Waals surface area contributed by atoms with Crippen molar-refractivity contribution in [3.05, 3.63) is 29.8 Å². The van der Waals surface area contributed by atoms with E-state index in [9.17, 15) is 0 Å². The number of rotatable bonds is 5. The van der Waals surface area contributed by atoms with E-state index < -0.39 is 0 Å². The van der Waals surface area contributed by atoms with Crippen LogP contribution in [-0.2, 0) is 6.42 Å². The van der Waals surface area contributed by atoms with Crippen molar-refractivity contribution in [1.29, 1.82) is 0 Å². The van der Waals surface area contributed by atoms with Crippen molar-refractivity contribution in [3.63, 3.8) is 0 Å². The van der Waals surface area contributed by atoms with Gasteiger partial charge < -0.3 is 10.6 Å². The van der Waals surface area contributed by atoms with Crippen molar-refractivity contribution in [2.24, 2.45) is 5.73 Å². The molecule has 1 heterocycles. The third kappa shape index (κ3) is 2.71. The van der Waals surface area contributed by atoms with Crippen molar-refractivity contribution >= 4 is 17.4 Å². The lowest BCUT2D eigenvalue weighted by molar-refractivity contribution is 0.630. The summed E-state index contributed by atoms with van der Waals surface area (Å²) in [5.41, 5.74) is 9.00. The van der Waals surface area contributed by atoms with E-state index in [2.05, 4.69) is 35.4 Å². The smallest absolute Gasteiger partial charge is 0.0400 e. The summed E-state index contributed by atoms with van der Waals surface area (Å²) >= 11 is 1.87. The zero-order chi connectivity index (χ0) is 11.4. The molecule has 0 saturated carbocycles. The normalized spacial score (nSPS) is 16.2. The van der Waals surface area contributed by atoms with Crippen LogP contribution in [0.25, 0.3) is 0 Å². The molecule has 0 bridgehead atoms. The lowest BCUT2D eigenvalue weighted by Gasteiger charge is -2.23. The van der Waals surface area contributed by atoms with Gasteiger partial charge in [0.25, 0.3) is 0 Å². The molecule has 2 N–H and O–H groups in total. The first kappa shape index (κ1) is 11.8. The first-order valence-electron chi connectivity index (χ1n) is 5.88. The molecule has 1 aliphatic heterocycles. The van der Waals surface area contributed by atoms with Crippen LogP contribution in [0, 0.1) is 0 Å². The number of benzene rings is 1. The van der Waals surface area contributed by atoms with Crippen molar-refractivity contribution in [1.82, 2.24) is 0 Å². The Bertz CT molecular complexity index is 340. The highest BCUT2D eigenvalue weighted by atomic mass is 32.2. The topological polar surface area (TPSA) is 29.3 Å². The molecule has 0 spiro atoms. The molecule has 1 atom stereocenters. The van der Waals surface area contributed by atoms with E-state index in [0.717, 1.165) is 25.3 Å². The van der Waals surface area contributed by atoms with Crippen LogP contribution in [0.5, 0.6) is 0 Å². The van der Waals surface area contributed by atoms with Crippen LogP contribution in [0.3, 0.4) is 0 Å². The number of hydrogen-bond acceptors (Lipinski definition) is 3. The van der Waals surface area contributed by atoms with E-state index in [-0.39, 0.29) is 0 Å². The average Bonchev–Trinajstić information content (AvgIpc) is 2.70. The van der Waals surface area contributed by atoms with E-state index >= 15 is 0 Å². The molecule has 1 aromatic carbocycles. The molecule has 0 unspecified atom stereocenters. The minimum Gasteiger partial charge on any atom is -0.369 e. The largest absolute Gasteiger partial charge is 0.369 e. The third-order valence-corrected chi connectivity index (χ3v) is 3.77. The zero-order valence-electron chi connectivity index (χ0n) is 9.86. The van der Waals surface area contributed by atoms with E-state index in [1.807, 2.05) is 11.8 Å². The summed E-state index contributed by atoms with van der Waals surface area (Å²) in [6, 6.07) is 8.98. The summed E-state index contributed by atoms with van der Waals surface area (Å²) in [5, 5.41) is 0. The van der Waals surface area contributed by atoms with Crippen LogP contribution < -0.4 is 10.6 Å². The zero-order valence-corrected chi connectivity index (χ0v) is 10.7. The Morgan fingerprint density at radius 3 is 3.06 bits per heavy atom. The molecule has 0 saturated heterocycles. The molecule has 88 valence electrons. The highest BCUT2D eigenvalue weighted by molar-refractivity contribution is 7.98.